The van der Waals surface area contributed by atoms with E-state index in [0.29, 0.717) is 29.9 Å². The minimum Gasteiger partial charge on any atom is -0.481 e. The number of oxime groups is 1. The van der Waals surface area contributed by atoms with Crippen molar-refractivity contribution in [1.82, 2.24) is 4.90 Å². The van der Waals surface area contributed by atoms with E-state index in [1.165, 1.54) is 6.07 Å². The van der Waals surface area contributed by atoms with Gasteiger partial charge in [0.05, 0.1) is 17.2 Å². The maximum absolute atomic E-state index is 13.7. The van der Waals surface area contributed by atoms with Crippen LogP contribution in [-0.4, -0.2) is 34.8 Å². The minimum absolute atomic E-state index is 0.0900. The fourth-order valence-electron chi connectivity index (χ4n) is 4.55. The van der Waals surface area contributed by atoms with Gasteiger partial charge in [0, 0.05) is 13.1 Å². The average Bonchev–Trinajstić information content (AvgIpc) is 2.89. The maximum Gasteiger partial charge on any atom is 0.417 e. The number of likely N-dealkylation sites (tertiary alicyclic amines) is 1. The normalized spacial score (nSPS) is 17.0. The van der Waals surface area contributed by atoms with Gasteiger partial charge in [-0.2, -0.15) is 13.2 Å². The zero-order valence-corrected chi connectivity index (χ0v) is 20.5. The summed E-state index contributed by atoms with van der Waals surface area (Å²) in [6, 6.07) is 20.4. The van der Waals surface area contributed by atoms with Crippen LogP contribution in [0.1, 0.15) is 42.0 Å². The van der Waals surface area contributed by atoms with Crippen molar-refractivity contribution in [2.24, 2.45) is 11.1 Å². The molecular weight excluding hydrogens is 481 g/mol. The Hall–Kier alpha value is -3.65. The van der Waals surface area contributed by atoms with E-state index in [9.17, 15) is 23.1 Å². The van der Waals surface area contributed by atoms with Gasteiger partial charge in [-0.1, -0.05) is 71.9 Å². The van der Waals surface area contributed by atoms with Crippen molar-refractivity contribution < 1.29 is 27.9 Å². The second-order valence-electron chi connectivity index (χ2n) is 9.30. The van der Waals surface area contributed by atoms with E-state index < -0.39 is 17.7 Å². The molecule has 1 unspecified atom stereocenters. The van der Waals surface area contributed by atoms with Gasteiger partial charge in [-0.3, -0.25) is 9.69 Å². The molecule has 1 heterocycles. The minimum atomic E-state index is -4.50. The molecule has 0 spiro atoms. The lowest BCUT2D eigenvalue weighted by Gasteiger charge is -2.30. The van der Waals surface area contributed by atoms with Gasteiger partial charge in [0.25, 0.3) is 0 Å². The van der Waals surface area contributed by atoms with Gasteiger partial charge in [0.1, 0.15) is 6.61 Å². The first-order valence-corrected chi connectivity index (χ1v) is 12.2. The maximum atomic E-state index is 13.7. The fourth-order valence-corrected chi connectivity index (χ4v) is 4.55. The molecule has 1 aliphatic heterocycles. The van der Waals surface area contributed by atoms with Crippen molar-refractivity contribution in [2.45, 2.75) is 39.1 Å². The highest BCUT2D eigenvalue weighted by molar-refractivity contribution is 5.98. The number of hydrogen-bond donors (Lipinski definition) is 1. The van der Waals surface area contributed by atoms with Crippen LogP contribution < -0.4 is 0 Å². The number of nitrogens with zero attached hydrogens (tertiary/aromatic N) is 2. The highest BCUT2D eigenvalue weighted by atomic mass is 19.4. The van der Waals surface area contributed by atoms with Crippen LogP contribution in [-0.2, 0) is 29.0 Å². The van der Waals surface area contributed by atoms with Crippen LogP contribution in [0.3, 0.4) is 0 Å². The summed E-state index contributed by atoms with van der Waals surface area (Å²) in [5.41, 5.74) is 2.80. The summed E-state index contributed by atoms with van der Waals surface area (Å²) in [6.45, 7) is 3.79. The Morgan fingerprint density at radius 2 is 1.76 bits per heavy atom. The Balaban J connectivity index is 1.38. The van der Waals surface area contributed by atoms with Crippen LogP contribution in [0.15, 0.2) is 78.0 Å². The third kappa shape index (κ3) is 6.98. The SMILES string of the molecule is C/C(=N\OCc1ccc(-c2ccccc2)c(C(F)(F)F)c1)c1ccc(CN2CCCC(C(=O)O)C2)cc1. The molecule has 1 atom stereocenters. The number of aliphatic carboxylic acids is 1. The molecule has 1 saturated heterocycles. The van der Waals surface area contributed by atoms with Gasteiger partial charge in [0.15, 0.2) is 0 Å². The summed E-state index contributed by atoms with van der Waals surface area (Å²) < 4.78 is 41.2. The van der Waals surface area contributed by atoms with Gasteiger partial charge < -0.3 is 9.94 Å². The molecule has 4 rings (SSSR count). The van der Waals surface area contributed by atoms with Crippen molar-refractivity contribution in [2.75, 3.05) is 13.1 Å². The largest absolute Gasteiger partial charge is 0.481 e. The van der Waals surface area contributed by atoms with Gasteiger partial charge in [-0.15, -0.1) is 0 Å². The van der Waals surface area contributed by atoms with Crippen molar-refractivity contribution in [3.8, 4) is 11.1 Å². The number of halogens is 3. The Kier molecular flexibility index (Phi) is 8.28. The van der Waals surface area contributed by atoms with Gasteiger partial charge in [-0.25, -0.2) is 0 Å². The fraction of sp³-hybridized carbons (Fsp3) is 0.310. The zero-order chi connectivity index (χ0) is 26.4. The van der Waals surface area contributed by atoms with E-state index in [1.54, 1.807) is 43.3 Å². The summed E-state index contributed by atoms with van der Waals surface area (Å²) >= 11 is 0. The lowest BCUT2D eigenvalue weighted by atomic mass is 9.97. The number of rotatable bonds is 8. The summed E-state index contributed by atoms with van der Waals surface area (Å²) in [5.74, 6) is -1.06. The second kappa shape index (κ2) is 11.6. The molecule has 5 nitrogen and oxygen atoms in total. The molecule has 1 aliphatic rings. The zero-order valence-electron chi connectivity index (χ0n) is 20.5. The van der Waals surface area contributed by atoms with Gasteiger partial charge >= 0.3 is 12.1 Å². The molecule has 0 radical (unpaired) electrons. The predicted molar refractivity (Wildman–Crippen MR) is 136 cm³/mol. The smallest absolute Gasteiger partial charge is 0.417 e. The second-order valence-corrected chi connectivity index (χ2v) is 9.30. The number of hydrogen-bond acceptors (Lipinski definition) is 4. The highest BCUT2D eigenvalue weighted by Gasteiger charge is 2.34. The van der Waals surface area contributed by atoms with E-state index in [2.05, 4.69) is 10.1 Å². The summed E-state index contributed by atoms with van der Waals surface area (Å²) in [4.78, 5) is 18.8. The number of carboxylic acids is 1. The van der Waals surface area contributed by atoms with Crippen LogP contribution in [0, 0.1) is 5.92 Å². The molecule has 0 aliphatic carbocycles. The van der Waals surface area contributed by atoms with Crippen molar-refractivity contribution in [3.05, 3.63) is 95.1 Å². The summed E-state index contributed by atoms with van der Waals surface area (Å²) in [6.07, 6.45) is -2.91. The van der Waals surface area contributed by atoms with Crippen LogP contribution in [0.25, 0.3) is 11.1 Å². The quantitative estimate of drug-likeness (QED) is 0.274. The lowest BCUT2D eigenvalue weighted by Crippen LogP contribution is -2.38. The molecule has 0 bridgehead atoms. The number of piperidine rings is 1. The van der Waals surface area contributed by atoms with Crippen LogP contribution in [0.2, 0.25) is 0 Å². The predicted octanol–water partition coefficient (Wildman–Crippen LogP) is 6.61. The Morgan fingerprint density at radius 1 is 1.05 bits per heavy atom. The van der Waals surface area contributed by atoms with E-state index in [0.717, 1.165) is 36.6 Å². The number of carbonyl (C=O) groups is 1. The van der Waals surface area contributed by atoms with Crippen LogP contribution in [0.4, 0.5) is 13.2 Å². The van der Waals surface area contributed by atoms with Gasteiger partial charge in [-0.05, 0) is 60.2 Å². The number of carboxylic acid groups (broad SMARTS) is 1. The van der Waals surface area contributed by atoms with Crippen molar-refractivity contribution >= 4 is 11.7 Å². The summed E-state index contributed by atoms with van der Waals surface area (Å²) in [7, 11) is 0. The third-order valence-electron chi connectivity index (χ3n) is 6.54. The molecule has 0 aromatic heterocycles. The van der Waals surface area contributed by atoms with E-state index >= 15 is 0 Å². The van der Waals surface area contributed by atoms with Crippen molar-refractivity contribution in [3.63, 3.8) is 0 Å². The first-order chi connectivity index (χ1) is 17.7. The first kappa shape index (κ1) is 26.4. The molecule has 0 amide bonds. The van der Waals surface area contributed by atoms with E-state index in [4.69, 9.17) is 4.84 Å². The molecule has 194 valence electrons. The van der Waals surface area contributed by atoms with Crippen LogP contribution in [0.5, 0.6) is 0 Å². The van der Waals surface area contributed by atoms with Crippen LogP contribution >= 0.6 is 0 Å². The third-order valence-corrected chi connectivity index (χ3v) is 6.54. The Bertz CT molecular complexity index is 1240. The standard InChI is InChI=1S/C29H29F3N2O3/c1-20(23-12-9-21(10-13-23)17-34-15-5-8-25(18-34)28(35)36)33-37-19-22-11-14-26(24-6-3-2-4-7-24)27(16-22)29(30,31)32/h2-4,6-7,9-14,16,25H,5,8,15,17-19H2,1H3,(H,35,36)/b33-20+. The molecule has 3 aromatic carbocycles. The van der Waals surface area contributed by atoms with Crippen molar-refractivity contribution in [1.29, 1.82) is 0 Å². The first-order valence-electron chi connectivity index (χ1n) is 12.2. The Morgan fingerprint density at radius 3 is 2.43 bits per heavy atom. The summed E-state index contributed by atoms with van der Waals surface area (Å²) in [5, 5.41) is 13.4. The molecule has 1 fully saturated rings. The molecular formula is C29H29F3N2O3. The molecule has 0 saturated carbocycles. The number of alkyl halides is 3. The van der Waals surface area contributed by atoms with Gasteiger partial charge in [0.2, 0.25) is 0 Å². The molecule has 3 aromatic rings. The lowest BCUT2D eigenvalue weighted by molar-refractivity contribution is -0.143. The van der Waals surface area contributed by atoms with E-state index in [1.807, 2.05) is 24.3 Å². The topological polar surface area (TPSA) is 62.1 Å². The molecule has 1 N–H and O–H groups in total. The monoisotopic (exact) mass is 510 g/mol. The number of benzene rings is 3. The average molecular weight is 511 g/mol. The molecule has 37 heavy (non-hydrogen) atoms. The van der Waals surface area contributed by atoms with E-state index in [-0.39, 0.29) is 18.1 Å². The Labute approximate surface area is 214 Å². The highest BCUT2D eigenvalue weighted by Crippen LogP contribution is 2.37. The molecule has 8 heteroatoms.